The molecule has 1 aromatic carbocycles. The van der Waals surface area contributed by atoms with Crippen LogP contribution >= 0.6 is 0 Å². The molecule has 126 valence electrons. The maximum Gasteiger partial charge on any atom is 0.274 e. The molecule has 0 radical (unpaired) electrons. The zero-order valence-corrected chi connectivity index (χ0v) is 13.7. The molecule has 2 heterocycles. The molecule has 1 aliphatic rings. The van der Waals surface area contributed by atoms with E-state index < -0.39 is 0 Å². The lowest BCUT2D eigenvalue weighted by molar-refractivity contribution is 0.102. The van der Waals surface area contributed by atoms with Crippen molar-refractivity contribution in [2.45, 2.75) is 6.92 Å². The molecule has 2 aromatic rings. The van der Waals surface area contributed by atoms with Crippen LogP contribution in [0.25, 0.3) is 0 Å². The van der Waals surface area contributed by atoms with E-state index in [4.69, 9.17) is 9.47 Å². The minimum absolute atomic E-state index is 0.228. The van der Waals surface area contributed by atoms with Crippen molar-refractivity contribution in [1.82, 2.24) is 4.98 Å². The number of amides is 1. The van der Waals surface area contributed by atoms with Crippen LogP contribution in [0.4, 0.5) is 11.4 Å². The molecule has 6 heteroatoms. The Morgan fingerprint density at radius 1 is 1.25 bits per heavy atom. The van der Waals surface area contributed by atoms with Crippen LogP contribution in [-0.2, 0) is 4.74 Å². The highest BCUT2D eigenvalue weighted by Gasteiger charge is 2.14. The van der Waals surface area contributed by atoms with Gasteiger partial charge in [-0.05, 0) is 43.3 Å². The van der Waals surface area contributed by atoms with Crippen LogP contribution in [0.15, 0.2) is 42.6 Å². The van der Waals surface area contributed by atoms with Crippen LogP contribution in [-0.4, -0.2) is 43.8 Å². The zero-order chi connectivity index (χ0) is 16.8. The van der Waals surface area contributed by atoms with Gasteiger partial charge in [0.15, 0.2) is 0 Å². The van der Waals surface area contributed by atoms with Crippen LogP contribution in [0.3, 0.4) is 0 Å². The first-order valence-corrected chi connectivity index (χ1v) is 8.09. The molecule has 1 saturated heterocycles. The van der Waals surface area contributed by atoms with E-state index in [1.165, 1.54) is 0 Å². The lowest BCUT2D eigenvalue weighted by Crippen LogP contribution is -2.36. The van der Waals surface area contributed by atoms with Crippen LogP contribution in [0.5, 0.6) is 5.75 Å². The van der Waals surface area contributed by atoms with E-state index >= 15 is 0 Å². The number of nitrogens with zero attached hydrogens (tertiary/aromatic N) is 2. The van der Waals surface area contributed by atoms with Crippen LogP contribution in [0.2, 0.25) is 0 Å². The number of morpholine rings is 1. The average Bonchev–Trinajstić information content (AvgIpc) is 2.64. The summed E-state index contributed by atoms with van der Waals surface area (Å²) in [7, 11) is 0. The summed E-state index contributed by atoms with van der Waals surface area (Å²) in [5.74, 6) is 0.553. The largest absolute Gasteiger partial charge is 0.494 e. The van der Waals surface area contributed by atoms with Gasteiger partial charge >= 0.3 is 0 Å². The second kappa shape index (κ2) is 7.79. The Morgan fingerprint density at radius 2 is 2.00 bits per heavy atom. The van der Waals surface area contributed by atoms with Gasteiger partial charge in [0, 0.05) is 30.7 Å². The van der Waals surface area contributed by atoms with Gasteiger partial charge in [-0.3, -0.25) is 9.78 Å². The number of rotatable bonds is 5. The second-order valence-electron chi connectivity index (χ2n) is 5.41. The molecule has 0 spiro atoms. The van der Waals surface area contributed by atoms with Crippen molar-refractivity contribution < 1.29 is 14.3 Å². The fourth-order valence-electron chi connectivity index (χ4n) is 2.56. The number of hydrogen-bond acceptors (Lipinski definition) is 5. The van der Waals surface area contributed by atoms with Gasteiger partial charge in [0.05, 0.1) is 19.8 Å². The maximum atomic E-state index is 12.4. The first kappa shape index (κ1) is 16.3. The number of benzene rings is 1. The molecule has 1 amide bonds. The maximum absolute atomic E-state index is 12.4. The minimum atomic E-state index is -0.228. The molecule has 0 aliphatic carbocycles. The lowest BCUT2D eigenvalue weighted by atomic mass is 10.2. The smallest absolute Gasteiger partial charge is 0.274 e. The fraction of sp³-hybridized carbons (Fsp3) is 0.333. The SMILES string of the molecule is CCOc1ccc(NC(=O)c2cc(N3CCOCC3)ccn2)cc1. The standard InChI is InChI=1S/C18H21N3O3/c1-2-24-16-5-3-14(4-6-16)20-18(22)17-13-15(7-8-19-17)21-9-11-23-12-10-21/h3-8,13H,2,9-12H2,1H3,(H,20,22). The van der Waals surface area contributed by atoms with Gasteiger partial charge in [-0.15, -0.1) is 0 Å². The van der Waals surface area contributed by atoms with Crippen molar-refractivity contribution in [1.29, 1.82) is 0 Å². The summed E-state index contributed by atoms with van der Waals surface area (Å²) < 4.78 is 10.8. The molecular formula is C18H21N3O3. The summed E-state index contributed by atoms with van der Waals surface area (Å²) in [6.45, 7) is 5.60. The average molecular weight is 327 g/mol. The van der Waals surface area contributed by atoms with Gasteiger partial charge in [-0.25, -0.2) is 0 Å². The monoisotopic (exact) mass is 327 g/mol. The van der Waals surface area contributed by atoms with Crippen LogP contribution in [0.1, 0.15) is 17.4 Å². The molecule has 0 atom stereocenters. The Labute approximate surface area is 141 Å². The Kier molecular flexibility index (Phi) is 5.28. The topological polar surface area (TPSA) is 63.7 Å². The third kappa shape index (κ3) is 4.02. The molecule has 1 fully saturated rings. The highest BCUT2D eigenvalue weighted by Crippen LogP contribution is 2.19. The Hall–Kier alpha value is -2.60. The van der Waals surface area contributed by atoms with Gasteiger partial charge in [0.2, 0.25) is 0 Å². The van der Waals surface area contributed by atoms with Crippen molar-refractivity contribution in [3.63, 3.8) is 0 Å². The van der Waals surface area contributed by atoms with Crippen molar-refractivity contribution in [2.75, 3.05) is 43.1 Å². The number of nitrogens with one attached hydrogen (secondary N) is 1. The number of carbonyl (C=O) groups excluding carboxylic acids is 1. The highest BCUT2D eigenvalue weighted by molar-refractivity contribution is 6.03. The number of carbonyl (C=O) groups is 1. The van der Waals surface area contributed by atoms with Crippen molar-refractivity contribution >= 4 is 17.3 Å². The quantitative estimate of drug-likeness (QED) is 0.914. The molecule has 1 N–H and O–H groups in total. The predicted molar refractivity (Wildman–Crippen MR) is 92.8 cm³/mol. The number of hydrogen-bond donors (Lipinski definition) is 1. The molecule has 0 bridgehead atoms. The van der Waals surface area contributed by atoms with Crippen LogP contribution < -0.4 is 15.0 Å². The minimum Gasteiger partial charge on any atom is -0.494 e. The first-order valence-electron chi connectivity index (χ1n) is 8.09. The van der Waals surface area contributed by atoms with Gasteiger partial charge in [-0.2, -0.15) is 0 Å². The summed E-state index contributed by atoms with van der Waals surface area (Å²) in [6, 6.07) is 11.0. The summed E-state index contributed by atoms with van der Waals surface area (Å²) in [5, 5.41) is 2.86. The van der Waals surface area contributed by atoms with E-state index in [9.17, 15) is 4.79 Å². The summed E-state index contributed by atoms with van der Waals surface area (Å²) in [5.41, 5.74) is 2.10. The van der Waals surface area contributed by atoms with E-state index in [-0.39, 0.29) is 5.91 Å². The normalized spacial score (nSPS) is 14.3. The van der Waals surface area contributed by atoms with E-state index in [1.54, 1.807) is 6.20 Å². The molecule has 0 saturated carbocycles. The molecular weight excluding hydrogens is 306 g/mol. The van der Waals surface area contributed by atoms with Crippen molar-refractivity contribution in [3.05, 3.63) is 48.3 Å². The third-order valence-corrected chi connectivity index (χ3v) is 3.78. The van der Waals surface area contributed by atoms with E-state index in [1.807, 2.05) is 43.3 Å². The highest BCUT2D eigenvalue weighted by atomic mass is 16.5. The Balaban J connectivity index is 1.68. The van der Waals surface area contributed by atoms with Crippen molar-refractivity contribution in [2.24, 2.45) is 0 Å². The number of anilines is 2. The van der Waals surface area contributed by atoms with E-state index in [0.717, 1.165) is 24.5 Å². The number of aromatic nitrogens is 1. The summed E-state index contributed by atoms with van der Waals surface area (Å²) >= 11 is 0. The molecule has 3 rings (SSSR count). The molecule has 6 nitrogen and oxygen atoms in total. The molecule has 1 aromatic heterocycles. The summed E-state index contributed by atoms with van der Waals surface area (Å²) in [6.07, 6.45) is 1.66. The van der Waals surface area contributed by atoms with Crippen LogP contribution in [0, 0.1) is 0 Å². The van der Waals surface area contributed by atoms with Gasteiger partial charge in [-0.1, -0.05) is 0 Å². The number of pyridine rings is 1. The molecule has 24 heavy (non-hydrogen) atoms. The first-order chi connectivity index (χ1) is 11.8. The van der Waals surface area contributed by atoms with Gasteiger partial charge < -0.3 is 19.7 Å². The van der Waals surface area contributed by atoms with Gasteiger partial charge in [0.1, 0.15) is 11.4 Å². The predicted octanol–water partition coefficient (Wildman–Crippen LogP) is 2.57. The zero-order valence-electron chi connectivity index (χ0n) is 13.7. The fourth-order valence-corrected chi connectivity index (χ4v) is 2.56. The Morgan fingerprint density at radius 3 is 2.71 bits per heavy atom. The Bertz CT molecular complexity index is 682. The second-order valence-corrected chi connectivity index (χ2v) is 5.41. The molecule has 0 unspecified atom stereocenters. The van der Waals surface area contributed by atoms with E-state index in [0.29, 0.717) is 31.2 Å². The van der Waals surface area contributed by atoms with Gasteiger partial charge in [0.25, 0.3) is 5.91 Å². The number of ether oxygens (including phenoxy) is 2. The van der Waals surface area contributed by atoms with E-state index in [2.05, 4.69) is 15.2 Å². The third-order valence-electron chi connectivity index (χ3n) is 3.78. The molecule has 1 aliphatic heterocycles. The summed E-state index contributed by atoms with van der Waals surface area (Å²) in [4.78, 5) is 18.8. The lowest BCUT2D eigenvalue weighted by Gasteiger charge is -2.28. The van der Waals surface area contributed by atoms with Crippen molar-refractivity contribution in [3.8, 4) is 5.75 Å².